The Kier molecular flexibility index (Phi) is 5.32. The Hall–Kier alpha value is -2.80. The molecule has 0 unspecified atom stereocenters. The fraction of sp³-hybridized carbons (Fsp3) is 0.381. The number of carbonyl (C=O) groups is 1. The van der Waals surface area contributed by atoms with Gasteiger partial charge in [-0.2, -0.15) is 5.10 Å². The van der Waals surface area contributed by atoms with Gasteiger partial charge in [-0.15, -0.1) is 0 Å². The van der Waals surface area contributed by atoms with Crippen molar-refractivity contribution in [2.45, 2.75) is 40.2 Å². The third-order valence-electron chi connectivity index (χ3n) is 4.92. The van der Waals surface area contributed by atoms with E-state index in [1.54, 1.807) is 12.1 Å². The average molecular weight is 416 g/mol. The fourth-order valence-corrected chi connectivity index (χ4v) is 3.80. The summed E-state index contributed by atoms with van der Waals surface area (Å²) in [5.74, 6) is 0.831. The van der Waals surface area contributed by atoms with Crippen LogP contribution in [0.2, 0.25) is 5.02 Å². The molecule has 2 aromatic heterocycles. The van der Waals surface area contributed by atoms with E-state index in [0.717, 1.165) is 33.9 Å². The van der Waals surface area contributed by atoms with Crippen molar-refractivity contribution in [3.63, 3.8) is 0 Å². The summed E-state index contributed by atoms with van der Waals surface area (Å²) >= 11 is 6.23. The molecule has 0 N–H and O–H groups in total. The van der Waals surface area contributed by atoms with Gasteiger partial charge in [0.15, 0.2) is 17.1 Å². The molecule has 4 rings (SSSR count). The second kappa shape index (κ2) is 7.91. The largest absolute Gasteiger partial charge is 0.486 e. The molecule has 0 bridgehead atoms. The van der Waals surface area contributed by atoms with E-state index in [1.807, 2.05) is 31.4 Å². The van der Waals surface area contributed by atoms with E-state index in [0.29, 0.717) is 36.2 Å². The zero-order valence-electron chi connectivity index (χ0n) is 16.6. The molecule has 0 fully saturated rings. The zero-order chi connectivity index (χ0) is 20.5. The van der Waals surface area contributed by atoms with E-state index >= 15 is 0 Å². The lowest BCUT2D eigenvalue weighted by molar-refractivity contribution is -0.144. The van der Waals surface area contributed by atoms with Gasteiger partial charge in [0.2, 0.25) is 0 Å². The number of nitrogens with zero attached hydrogens (tertiary/aromatic N) is 3. The van der Waals surface area contributed by atoms with Crippen molar-refractivity contribution in [3.8, 4) is 11.5 Å². The van der Waals surface area contributed by atoms with E-state index < -0.39 is 0 Å². The highest BCUT2D eigenvalue weighted by Gasteiger charge is 2.18. The van der Waals surface area contributed by atoms with Crippen molar-refractivity contribution >= 4 is 23.2 Å². The topological polar surface area (TPSA) is 75.0 Å². The predicted octanol–water partition coefficient (Wildman–Crippen LogP) is 3.76. The number of aromatic nitrogens is 3. The van der Waals surface area contributed by atoms with E-state index in [2.05, 4.69) is 10.1 Å². The first-order valence-corrected chi connectivity index (χ1v) is 9.86. The van der Waals surface area contributed by atoms with Crippen molar-refractivity contribution in [2.75, 3.05) is 13.2 Å². The number of aryl methyl sites for hydroxylation is 3. The van der Waals surface area contributed by atoms with Gasteiger partial charge in [0.1, 0.15) is 19.8 Å². The lowest BCUT2D eigenvalue weighted by atomic mass is 10.1. The summed E-state index contributed by atoms with van der Waals surface area (Å²) in [6.45, 7) is 6.95. The smallest absolute Gasteiger partial charge is 0.306 e. The van der Waals surface area contributed by atoms with Crippen LogP contribution in [0.15, 0.2) is 18.2 Å². The molecule has 7 nitrogen and oxygen atoms in total. The molecule has 0 amide bonds. The lowest BCUT2D eigenvalue weighted by Crippen LogP contribution is -2.16. The zero-order valence-corrected chi connectivity index (χ0v) is 17.4. The number of halogens is 1. The van der Waals surface area contributed by atoms with Gasteiger partial charge in [-0.05, 0) is 50.5 Å². The minimum Gasteiger partial charge on any atom is -0.486 e. The van der Waals surface area contributed by atoms with Crippen molar-refractivity contribution in [1.82, 2.24) is 14.6 Å². The molecule has 29 heavy (non-hydrogen) atoms. The highest BCUT2D eigenvalue weighted by atomic mass is 35.5. The Morgan fingerprint density at radius 1 is 1.21 bits per heavy atom. The number of benzene rings is 1. The fourth-order valence-electron chi connectivity index (χ4n) is 3.51. The summed E-state index contributed by atoms with van der Waals surface area (Å²) in [6.07, 6.45) is 0.799. The second-order valence-electron chi connectivity index (χ2n) is 7.08. The van der Waals surface area contributed by atoms with Crippen LogP contribution in [0.4, 0.5) is 0 Å². The molecule has 0 saturated heterocycles. The Balaban J connectivity index is 1.40. The van der Waals surface area contributed by atoms with Crippen LogP contribution in [0.5, 0.6) is 11.5 Å². The number of hydrogen-bond acceptors (Lipinski definition) is 6. The van der Waals surface area contributed by atoms with Gasteiger partial charge in [0.05, 0.1) is 10.7 Å². The maximum atomic E-state index is 12.3. The molecule has 1 aliphatic heterocycles. The van der Waals surface area contributed by atoms with Crippen molar-refractivity contribution in [1.29, 1.82) is 0 Å². The molecular weight excluding hydrogens is 394 g/mol. The molecule has 152 valence electrons. The van der Waals surface area contributed by atoms with Crippen LogP contribution >= 0.6 is 11.6 Å². The van der Waals surface area contributed by atoms with Gasteiger partial charge in [-0.25, -0.2) is 9.50 Å². The third-order valence-corrected chi connectivity index (χ3v) is 5.20. The molecule has 0 aliphatic carbocycles. The Bertz CT molecular complexity index is 1090. The van der Waals surface area contributed by atoms with E-state index in [4.69, 9.17) is 25.8 Å². The average Bonchev–Trinajstić information content (AvgIpc) is 3.06. The Morgan fingerprint density at radius 3 is 2.83 bits per heavy atom. The van der Waals surface area contributed by atoms with Gasteiger partial charge >= 0.3 is 5.97 Å². The lowest BCUT2D eigenvalue weighted by Gasteiger charge is -2.20. The highest BCUT2D eigenvalue weighted by Crippen LogP contribution is 2.38. The number of carbonyl (C=O) groups excluding carboxylic acids is 1. The first-order chi connectivity index (χ1) is 13.9. The van der Waals surface area contributed by atoms with E-state index in [1.165, 1.54) is 0 Å². The van der Waals surface area contributed by atoms with Gasteiger partial charge in [0, 0.05) is 23.9 Å². The molecule has 3 heterocycles. The minimum atomic E-state index is -0.286. The maximum Gasteiger partial charge on any atom is 0.306 e. The summed E-state index contributed by atoms with van der Waals surface area (Å²) in [6, 6.07) is 5.46. The number of ether oxygens (including phenoxy) is 3. The van der Waals surface area contributed by atoms with Crippen LogP contribution < -0.4 is 9.47 Å². The van der Waals surface area contributed by atoms with Crippen LogP contribution in [-0.2, 0) is 22.6 Å². The molecular formula is C21H22ClN3O4. The minimum absolute atomic E-state index is 0.128. The number of esters is 1. The normalized spacial score (nSPS) is 13.0. The van der Waals surface area contributed by atoms with Crippen LogP contribution in [0.25, 0.3) is 5.65 Å². The number of fused-ring (bicyclic) bond motifs is 2. The summed E-state index contributed by atoms with van der Waals surface area (Å²) in [4.78, 5) is 16.9. The molecule has 0 saturated carbocycles. The highest BCUT2D eigenvalue weighted by molar-refractivity contribution is 6.32. The third kappa shape index (κ3) is 4.00. The van der Waals surface area contributed by atoms with E-state index in [-0.39, 0.29) is 19.0 Å². The van der Waals surface area contributed by atoms with Crippen molar-refractivity contribution in [2.24, 2.45) is 0 Å². The molecule has 3 aromatic rings. The van der Waals surface area contributed by atoms with Crippen molar-refractivity contribution < 1.29 is 19.0 Å². The second-order valence-corrected chi connectivity index (χ2v) is 7.49. The van der Waals surface area contributed by atoms with Crippen molar-refractivity contribution in [3.05, 3.63) is 51.4 Å². The van der Waals surface area contributed by atoms with Gasteiger partial charge in [-0.3, -0.25) is 4.79 Å². The SMILES string of the molecule is Cc1cc2nc(C)c(CCC(=O)OCc3cc(Cl)c4c(c3)OCCO4)c(C)n2n1. The van der Waals surface area contributed by atoms with Crippen LogP contribution in [-0.4, -0.2) is 33.8 Å². The predicted molar refractivity (Wildman–Crippen MR) is 108 cm³/mol. The summed E-state index contributed by atoms with van der Waals surface area (Å²) < 4.78 is 18.3. The van der Waals surface area contributed by atoms with Gasteiger partial charge in [-0.1, -0.05) is 11.6 Å². The van der Waals surface area contributed by atoms with Gasteiger partial charge < -0.3 is 14.2 Å². The monoisotopic (exact) mass is 415 g/mol. The molecule has 0 spiro atoms. The quantitative estimate of drug-likeness (QED) is 0.591. The van der Waals surface area contributed by atoms with Crippen LogP contribution in [0.1, 0.15) is 34.6 Å². The summed E-state index contributed by atoms with van der Waals surface area (Å²) in [5, 5.41) is 4.92. The molecule has 8 heteroatoms. The standard InChI is InChI=1S/C21H22ClN3O4/c1-12-8-19-23-13(2)16(14(3)25(19)24-12)4-5-20(26)29-11-15-9-17(22)21-18(10-15)27-6-7-28-21/h8-10H,4-7,11H2,1-3H3. The summed E-state index contributed by atoms with van der Waals surface area (Å²) in [5.41, 5.74) is 5.40. The first-order valence-electron chi connectivity index (χ1n) is 9.48. The number of rotatable bonds is 5. The molecule has 0 atom stereocenters. The molecule has 1 aromatic carbocycles. The molecule has 0 radical (unpaired) electrons. The summed E-state index contributed by atoms with van der Waals surface area (Å²) in [7, 11) is 0. The first kappa shape index (κ1) is 19.5. The Morgan fingerprint density at radius 2 is 2.00 bits per heavy atom. The van der Waals surface area contributed by atoms with Crippen LogP contribution in [0.3, 0.4) is 0 Å². The maximum absolute atomic E-state index is 12.3. The molecule has 1 aliphatic rings. The Labute approximate surface area is 173 Å². The van der Waals surface area contributed by atoms with Crippen LogP contribution in [0, 0.1) is 20.8 Å². The van der Waals surface area contributed by atoms with Gasteiger partial charge in [0.25, 0.3) is 0 Å². The number of hydrogen-bond donors (Lipinski definition) is 0. The van der Waals surface area contributed by atoms with E-state index in [9.17, 15) is 4.79 Å².